The Kier molecular flexibility index (Phi) is 5.55. The van der Waals surface area contributed by atoms with E-state index in [1.54, 1.807) is 20.4 Å². The summed E-state index contributed by atoms with van der Waals surface area (Å²) in [5.74, 6) is 3.57. The van der Waals surface area contributed by atoms with Gasteiger partial charge in [-0.25, -0.2) is 4.98 Å². The highest BCUT2D eigenvalue weighted by Crippen LogP contribution is 2.30. The summed E-state index contributed by atoms with van der Waals surface area (Å²) in [7, 11) is 3.23. The summed E-state index contributed by atoms with van der Waals surface area (Å²) in [5.41, 5.74) is 0.714. The Hall–Kier alpha value is -3.62. The van der Waals surface area contributed by atoms with E-state index in [0.717, 1.165) is 37.8 Å². The van der Waals surface area contributed by atoms with E-state index in [1.165, 1.54) is 0 Å². The topological polar surface area (TPSA) is 88.5 Å². The van der Waals surface area contributed by atoms with Crippen LogP contribution >= 0.6 is 0 Å². The van der Waals surface area contributed by atoms with Crippen molar-refractivity contribution in [1.29, 1.82) is 0 Å². The van der Waals surface area contributed by atoms with Gasteiger partial charge in [0.15, 0.2) is 5.82 Å². The van der Waals surface area contributed by atoms with Gasteiger partial charge in [-0.3, -0.25) is 0 Å². The molecule has 0 saturated carbocycles. The number of anilines is 4. The van der Waals surface area contributed by atoms with E-state index in [1.807, 2.05) is 42.6 Å². The van der Waals surface area contributed by atoms with Gasteiger partial charge in [0, 0.05) is 38.4 Å². The summed E-state index contributed by atoms with van der Waals surface area (Å²) in [6.45, 7) is 3.40. The number of aromatic nitrogens is 4. The molecule has 3 heterocycles. The molecule has 9 heteroatoms. The molecule has 9 nitrogen and oxygen atoms in total. The van der Waals surface area contributed by atoms with Crippen molar-refractivity contribution < 1.29 is 9.47 Å². The van der Waals surface area contributed by atoms with Crippen LogP contribution < -0.4 is 24.6 Å². The van der Waals surface area contributed by atoms with Gasteiger partial charge in [0.2, 0.25) is 5.95 Å². The zero-order chi connectivity index (χ0) is 20.1. The van der Waals surface area contributed by atoms with Crippen LogP contribution in [-0.4, -0.2) is 60.6 Å². The van der Waals surface area contributed by atoms with E-state index >= 15 is 0 Å². The first-order valence-electron chi connectivity index (χ1n) is 9.36. The van der Waals surface area contributed by atoms with Crippen LogP contribution in [0.4, 0.5) is 23.3 Å². The van der Waals surface area contributed by atoms with Crippen LogP contribution in [0.2, 0.25) is 0 Å². The Morgan fingerprint density at radius 2 is 1.72 bits per heavy atom. The molecular weight excluding hydrogens is 370 g/mol. The Bertz CT molecular complexity index is 947. The van der Waals surface area contributed by atoms with Gasteiger partial charge in [0.1, 0.15) is 17.3 Å². The number of piperazine rings is 1. The van der Waals surface area contributed by atoms with E-state index in [2.05, 4.69) is 35.3 Å². The molecule has 1 fully saturated rings. The molecule has 0 amide bonds. The van der Waals surface area contributed by atoms with Crippen LogP contribution in [0, 0.1) is 0 Å². The minimum Gasteiger partial charge on any atom is -0.497 e. The lowest BCUT2D eigenvalue weighted by Crippen LogP contribution is -2.47. The number of ether oxygens (including phenoxy) is 2. The minimum absolute atomic E-state index is 0.404. The molecule has 1 aliphatic heterocycles. The maximum absolute atomic E-state index is 5.40. The smallest absolute Gasteiger partial charge is 0.249 e. The first kappa shape index (κ1) is 18.7. The molecule has 0 spiro atoms. The van der Waals surface area contributed by atoms with Crippen molar-refractivity contribution in [3.63, 3.8) is 0 Å². The predicted molar refractivity (Wildman–Crippen MR) is 111 cm³/mol. The third kappa shape index (κ3) is 4.29. The summed E-state index contributed by atoms with van der Waals surface area (Å²) in [4.78, 5) is 13.5. The number of pyridine rings is 1. The average molecular weight is 393 g/mol. The third-order valence-electron chi connectivity index (χ3n) is 4.78. The number of rotatable bonds is 6. The van der Waals surface area contributed by atoms with Gasteiger partial charge in [-0.1, -0.05) is 6.07 Å². The second-order valence-corrected chi connectivity index (χ2v) is 6.49. The van der Waals surface area contributed by atoms with Crippen molar-refractivity contribution in [1.82, 2.24) is 20.2 Å². The number of hydrogen-bond donors (Lipinski definition) is 1. The van der Waals surface area contributed by atoms with Crippen LogP contribution in [0.1, 0.15) is 0 Å². The molecule has 1 aromatic carbocycles. The van der Waals surface area contributed by atoms with Crippen molar-refractivity contribution in [3.8, 4) is 11.5 Å². The van der Waals surface area contributed by atoms with Crippen LogP contribution in [0.25, 0.3) is 0 Å². The number of nitrogens with zero attached hydrogens (tertiary/aromatic N) is 6. The first-order chi connectivity index (χ1) is 14.3. The summed E-state index contributed by atoms with van der Waals surface area (Å²) >= 11 is 0. The molecule has 3 aromatic rings. The number of methoxy groups -OCH3 is 2. The van der Waals surface area contributed by atoms with Gasteiger partial charge < -0.3 is 24.6 Å². The Morgan fingerprint density at radius 3 is 2.41 bits per heavy atom. The lowest BCUT2D eigenvalue weighted by Gasteiger charge is -2.35. The van der Waals surface area contributed by atoms with Crippen molar-refractivity contribution in [2.45, 2.75) is 0 Å². The molecule has 150 valence electrons. The number of benzene rings is 1. The fraction of sp³-hybridized carbons (Fsp3) is 0.300. The molecule has 1 aliphatic rings. The monoisotopic (exact) mass is 393 g/mol. The second kappa shape index (κ2) is 8.59. The first-order valence-corrected chi connectivity index (χ1v) is 9.36. The van der Waals surface area contributed by atoms with Gasteiger partial charge in [0.25, 0.3) is 0 Å². The molecular formula is C20H23N7O2. The summed E-state index contributed by atoms with van der Waals surface area (Å²) in [5, 5.41) is 11.4. The Balaban J connectivity index is 1.46. The summed E-state index contributed by atoms with van der Waals surface area (Å²) < 4.78 is 10.7. The van der Waals surface area contributed by atoms with Crippen molar-refractivity contribution in [3.05, 3.63) is 48.8 Å². The Morgan fingerprint density at radius 1 is 0.931 bits per heavy atom. The number of hydrogen-bond acceptors (Lipinski definition) is 9. The normalized spacial score (nSPS) is 13.9. The fourth-order valence-electron chi connectivity index (χ4n) is 3.24. The van der Waals surface area contributed by atoms with E-state index in [0.29, 0.717) is 23.1 Å². The zero-order valence-electron chi connectivity index (χ0n) is 16.4. The van der Waals surface area contributed by atoms with Gasteiger partial charge in [-0.2, -0.15) is 10.1 Å². The maximum atomic E-state index is 5.40. The SMILES string of the molecule is COc1ccc(OC)c(Nc2nncc(N3CCN(c4ccccn4)CC3)n2)c1. The van der Waals surface area contributed by atoms with Gasteiger partial charge in [0.05, 0.1) is 26.1 Å². The average Bonchev–Trinajstić information content (AvgIpc) is 2.80. The molecule has 0 bridgehead atoms. The molecule has 0 radical (unpaired) electrons. The maximum Gasteiger partial charge on any atom is 0.249 e. The third-order valence-corrected chi connectivity index (χ3v) is 4.78. The molecule has 0 unspecified atom stereocenters. The predicted octanol–water partition coefficient (Wildman–Crippen LogP) is 2.35. The molecule has 1 saturated heterocycles. The highest BCUT2D eigenvalue weighted by molar-refractivity contribution is 5.65. The van der Waals surface area contributed by atoms with E-state index in [9.17, 15) is 0 Å². The summed E-state index contributed by atoms with van der Waals surface area (Å²) in [6, 6.07) is 11.5. The van der Waals surface area contributed by atoms with E-state index in [4.69, 9.17) is 9.47 Å². The highest BCUT2D eigenvalue weighted by atomic mass is 16.5. The lowest BCUT2D eigenvalue weighted by molar-refractivity contribution is 0.405. The number of nitrogens with one attached hydrogen (secondary N) is 1. The highest BCUT2D eigenvalue weighted by Gasteiger charge is 2.20. The van der Waals surface area contributed by atoms with E-state index < -0.39 is 0 Å². The molecule has 29 heavy (non-hydrogen) atoms. The second-order valence-electron chi connectivity index (χ2n) is 6.49. The van der Waals surface area contributed by atoms with E-state index in [-0.39, 0.29) is 0 Å². The van der Waals surface area contributed by atoms with Crippen molar-refractivity contribution >= 4 is 23.3 Å². The lowest BCUT2D eigenvalue weighted by atomic mass is 10.2. The Labute approximate surface area is 169 Å². The van der Waals surface area contributed by atoms with Crippen LogP contribution in [0.5, 0.6) is 11.5 Å². The largest absolute Gasteiger partial charge is 0.497 e. The molecule has 0 atom stereocenters. The van der Waals surface area contributed by atoms with Gasteiger partial charge >= 0.3 is 0 Å². The minimum atomic E-state index is 0.404. The zero-order valence-corrected chi connectivity index (χ0v) is 16.4. The van der Waals surface area contributed by atoms with Crippen LogP contribution in [0.3, 0.4) is 0 Å². The molecule has 4 rings (SSSR count). The summed E-state index contributed by atoms with van der Waals surface area (Å²) in [6.07, 6.45) is 3.51. The van der Waals surface area contributed by atoms with Crippen molar-refractivity contribution in [2.24, 2.45) is 0 Å². The molecule has 2 aromatic heterocycles. The standard InChI is InChI=1S/C20H23N7O2/c1-28-15-6-7-17(29-2)16(13-15)23-20-24-19(14-22-25-20)27-11-9-26(10-12-27)18-5-3-4-8-21-18/h3-8,13-14H,9-12H2,1-2H3,(H,23,24,25). The quantitative estimate of drug-likeness (QED) is 0.678. The van der Waals surface area contributed by atoms with Crippen LogP contribution in [-0.2, 0) is 0 Å². The fourth-order valence-corrected chi connectivity index (χ4v) is 3.24. The molecule has 1 N–H and O–H groups in total. The van der Waals surface area contributed by atoms with Gasteiger partial charge in [-0.05, 0) is 24.3 Å². The van der Waals surface area contributed by atoms with Crippen molar-refractivity contribution in [2.75, 3.05) is 55.5 Å². The van der Waals surface area contributed by atoms with Crippen LogP contribution in [0.15, 0.2) is 48.8 Å². The van der Waals surface area contributed by atoms with Gasteiger partial charge in [-0.15, -0.1) is 5.10 Å². The molecule has 0 aliphatic carbocycles.